The summed E-state index contributed by atoms with van der Waals surface area (Å²) in [4.78, 5) is 0. The van der Waals surface area contributed by atoms with Crippen LogP contribution in [0.4, 0.5) is 0 Å². The largest absolute Gasteiger partial charge is 0.328 e. The van der Waals surface area contributed by atoms with Crippen molar-refractivity contribution < 1.29 is 0 Å². The van der Waals surface area contributed by atoms with Crippen LogP contribution >= 0.6 is 11.6 Å². The topological polar surface area (TPSA) is 38.0 Å². The van der Waals surface area contributed by atoms with Crippen molar-refractivity contribution >= 4 is 11.6 Å². The Morgan fingerprint density at radius 3 is 2.82 bits per heavy atom. The Balaban J connectivity index is 1.97. The van der Waals surface area contributed by atoms with Crippen molar-refractivity contribution in [2.45, 2.75) is 50.7 Å². The second-order valence-electron chi connectivity index (χ2n) is 5.03. The van der Waals surface area contributed by atoms with Gasteiger partial charge in [0.2, 0.25) is 0 Å². The highest BCUT2D eigenvalue weighted by Gasteiger charge is 2.21. The third kappa shape index (κ3) is 3.44. The lowest BCUT2D eigenvalue weighted by Gasteiger charge is -2.30. The number of hydrogen-bond acceptors (Lipinski definition) is 2. The van der Waals surface area contributed by atoms with Gasteiger partial charge in [-0.25, -0.2) is 0 Å². The van der Waals surface area contributed by atoms with Crippen molar-refractivity contribution in [2.75, 3.05) is 0 Å². The van der Waals surface area contributed by atoms with Crippen molar-refractivity contribution in [3.05, 3.63) is 34.9 Å². The summed E-state index contributed by atoms with van der Waals surface area (Å²) in [6.45, 7) is 2.17. The zero-order valence-corrected chi connectivity index (χ0v) is 11.1. The molecule has 94 valence electrons. The maximum absolute atomic E-state index is 6.20. The number of rotatable bonds is 3. The van der Waals surface area contributed by atoms with Crippen LogP contribution in [-0.2, 0) is 0 Å². The summed E-state index contributed by atoms with van der Waals surface area (Å²) in [5.74, 6) is 0. The van der Waals surface area contributed by atoms with Crippen LogP contribution in [0.1, 0.15) is 44.2 Å². The maximum Gasteiger partial charge on any atom is 0.0453 e. The lowest BCUT2D eigenvalue weighted by atomic mass is 9.91. The van der Waals surface area contributed by atoms with Gasteiger partial charge in [-0.3, -0.25) is 0 Å². The number of benzene rings is 1. The highest BCUT2D eigenvalue weighted by Crippen LogP contribution is 2.25. The second-order valence-corrected chi connectivity index (χ2v) is 5.44. The Labute approximate surface area is 109 Å². The Morgan fingerprint density at radius 2 is 2.12 bits per heavy atom. The first-order chi connectivity index (χ1) is 8.16. The fraction of sp³-hybridized carbons (Fsp3) is 0.571. The molecule has 0 amide bonds. The molecule has 1 aromatic rings. The molecule has 1 aliphatic carbocycles. The molecule has 2 nitrogen and oxygen atoms in total. The first-order valence-electron chi connectivity index (χ1n) is 6.43. The van der Waals surface area contributed by atoms with Gasteiger partial charge < -0.3 is 11.1 Å². The molecule has 1 aromatic carbocycles. The molecular weight excluding hydrogens is 232 g/mol. The lowest BCUT2D eigenvalue weighted by Crippen LogP contribution is -2.40. The predicted molar refractivity (Wildman–Crippen MR) is 73.2 cm³/mol. The zero-order valence-electron chi connectivity index (χ0n) is 10.3. The summed E-state index contributed by atoms with van der Waals surface area (Å²) < 4.78 is 0. The van der Waals surface area contributed by atoms with Crippen LogP contribution in [0, 0.1) is 0 Å². The summed E-state index contributed by atoms with van der Waals surface area (Å²) in [7, 11) is 0. The van der Waals surface area contributed by atoms with E-state index in [1.807, 2.05) is 18.2 Å². The van der Waals surface area contributed by atoms with Gasteiger partial charge >= 0.3 is 0 Å². The second kappa shape index (κ2) is 5.85. The first-order valence-corrected chi connectivity index (χ1v) is 6.80. The zero-order chi connectivity index (χ0) is 12.3. The molecule has 0 aromatic heterocycles. The molecule has 0 radical (unpaired) electrons. The first kappa shape index (κ1) is 12.9. The van der Waals surface area contributed by atoms with E-state index < -0.39 is 0 Å². The van der Waals surface area contributed by atoms with Crippen LogP contribution < -0.4 is 11.1 Å². The quantitative estimate of drug-likeness (QED) is 0.867. The SMILES string of the molecule is C[C@@H](NC1CCCC(N)C1)c1ccccc1Cl. The minimum absolute atomic E-state index is 0.291. The molecule has 1 saturated carbocycles. The van der Waals surface area contributed by atoms with E-state index in [0.717, 1.165) is 11.4 Å². The highest BCUT2D eigenvalue weighted by atomic mass is 35.5. The standard InChI is InChI=1S/C14H21ClN2/c1-10(13-7-2-3-8-14(13)15)17-12-6-4-5-11(16)9-12/h2-3,7-8,10-12,17H,4-6,9,16H2,1H3/t10-,11?,12?/m1/s1. The molecule has 0 bridgehead atoms. The molecule has 2 rings (SSSR count). The summed E-state index contributed by atoms with van der Waals surface area (Å²) in [6.07, 6.45) is 4.70. The molecule has 2 unspecified atom stereocenters. The fourth-order valence-corrected chi connectivity index (χ4v) is 2.95. The van der Waals surface area contributed by atoms with Crippen LogP contribution in [0.5, 0.6) is 0 Å². The minimum atomic E-state index is 0.291. The van der Waals surface area contributed by atoms with Crippen LogP contribution in [-0.4, -0.2) is 12.1 Å². The summed E-state index contributed by atoms with van der Waals surface area (Å²) >= 11 is 6.20. The van der Waals surface area contributed by atoms with Crippen molar-refractivity contribution in [3.8, 4) is 0 Å². The Morgan fingerprint density at radius 1 is 1.35 bits per heavy atom. The summed E-state index contributed by atoms with van der Waals surface area (Å²) in [5.41, 5.74) is 7.18. The van der Waals surface area contributed by atoms with E-state index >= 15 is 0 Å². The maximum atomic E-state index is 6.20. The van der Waals surface area contributed by atoms with E-state index in [1.165, 1.54) is 24.8 Å². The predicted octanol–water partition coefficient (Wildman–Crippen LogP) is 3.26. The molecule has 3 atom stereocenters. The van der Waals surface area contributed by atoms with Gasteiger partial charge in [-0.05, 0) is 37.8 Å². The number of nitrogens with one attached hydrogen (secondary N) is 1. The van der Waals surface area contributed by atoms with Crippen LogP contribution in [0.15, 0.2) is 24.3 Å². The fourth-order valence-electron chi connectivity index (χ4n) is 2.65. The third-order valence-corrected chi connectivity index (χ3v) is 3.92. The van der Waals surface area contributed by atoms with Crippen molar-refractivity contribution in [2.24, 2.45) is 5.73 Å². The molecule has 0 saturated heterocycles. The summed E-state index contributed by atoms with van der Waals surface area (Å²) in [5, 5.41) is 4.48. The van der Waals surface area contributed by atoms with Crippen LogP contribution in [0.25, 0.3) is 0 Å². The lowest BCUT2D eigenvalue weighted by molar-refractivity contribution is 0.319. The molecule has 17 heavy (non-hydrogen) atoms. The van der Waals surface area contributed by atoms with Gasteiger partial charge in [0.25, 0.3) is 0 Å². The Hall–Kier alpha value is -0.570. The van der Waals surface area contributed by atoms with Crippen molar-refractivity contribution in [3.63, 3.8) is 0 Å². The number of halogens is 1. The minimum Gasteiger partial charge on any atom is -0.328 e. The molecule has 3 N–H and O–H groups in total. The normalized spacial score (nSPS) is 26.8. The molecular formula is C14H21ClN2. The van der Waals surface area contributed by atoms with Gasteiger partial charge in [-0.2, -0.15) is 0 Å². The van der Waals surface area contributed by atoms with Gasteiger partial charge in [0.15, 0.2) is 0 Å². The molecule has 1 aliphatic rings. The van der Waals surface area contributed by atoms with Gasteiger partial charge in [0, 0.05) is 23.1 Å². The summed E-state index contributed by atoms with van der Waals surface area (Å²) in [6, 6.07) is 9.22. The van der Waals surface area contributed by atoms with E-state index in [-0.39, 0.29) is 0 Å². The van der Waals surface area contributed by atoms with E-state index in [4.69, 9.17) is 17.3 Å². The van der Waals surface area contributed by atoms with E-state index in [2.05, 4.69) is 18.3 Å². The van der Waals surface area contributed by atoms with E-state index in [9.17, 15) is 0 Å². The van der Waals surface area contributed by atoms with Gasteiger partial charge in [-0.1, -0.05) is 36.2 Å². The van der Waals surface area contributed by atoms with Gasteiger partial charge in [-0.15, -0.1) is 0 Å². The monoisotopic (exact) mass is 252 g/mol. The van der Waals surface area contributed by atoms with Gasteiger partial charge in [0.1, 0.15) is 0 Å². The molecule has 0 spiro atoms. The third-order valence-electron chi connectivity index (χ3n) is 3.57. The Bertz CT molecular complexity index is 367. The van der Waals surface area contributed by atoms with Crippen LogP contribution in [0.2, 0.25) is 5.02 Å². The van der Waals surface area contributed by atoms with Crippen molar-refractivity contribution in [1.82, 2.24) is 5.32 Å². The smallest absolute Gasteiger partial charge is 0.0453 e. The van der Waals surface area contributed by atoms with E-state index in [1.54, 1.807) is 0 Å². The molecule has 1 fully saturated rings. The van der Waals surface area contributed by atoms with Gasteiger partial charge in [0.05, 0.1) is 0 Å². The average molecular weight is 253 g/mol. The molecule has 0 aliphatic heterocycles. The molecule has 3 heteroatoms. The number of hydrogen-bond donors (Lipinski definition) is 2. The van der Waals surface area contributed by atoms with E-state index in [0.29, 0.717) is 18.1 Å². The average Bonchev–Trinajstić information content (AvgIpc) is 2.29. The van der Waals surface area contributed by atoms with Crippen LogP contribution in [0.3, 0.4) is 0 Å². The Kier molecular flexibility index (Phi) is 4.43. The highest BCUT2D eigenvalue weighted by molar-refractivity contribution is 6.31. The van der Waals surface area contributed by atoms with Crippen molar-refractivity contribution in [1.29, 1.82) is 0 Å². The molecule has 0 heterocycles. The number of nitrogens with two attached hydrogens (primary N) is 1.